The maximum absolute atomic E-state index is 12.7. The Morgan fingerprint density at radius 2 is 1.92 bits per heavy atom. The number of carbonyl (C=O) groups is 2. The summed E-state index contributed by atoms with van der Waals surface area (Å²) in [6, 6.07) is 7.23. The molecule has 1 heterocycles. The SMILES string of the molecule is CC(=O)C1CCC2C3CCC4=CC(=NOC(=O)C(N)Cc5c[nH]c6ccccc56)CCC4(C)C3CCC12C. The second kappa shape index (κ2) is 9.48. The molecule has 0 bridgehead atoms. The van der Waals surface area contributed by atoms with Crippen LogP contribution in [0.1, 0.15) is 77.7 Å². The van der Waals surface area contributed by atoms with Gasteiger partial charge in [-0.2, -0.15) is 0 Å². The molecule has 3 fully saturated rings. The fraction of sp³-hybridized carbons (Fsp3) is 0.594. The van der Waals surface area contributed by atoms with Crippen molar-refractivity contribution in [1.82, 2.24) is 4.98 Å². The Morgan fingerprint density at radius 1 is 1.11 bits per heavy atom. The Hall–Kier alpha value is -2.73. The minimum atomic E-state index is -0.766. The number of H-pyrrole nitrogens is 1. The summed E-state index contributed by atoms with van der Waals surface area (Å²) in [4.78, 5) is 33.7. The number of hydrogen-bond donors (Lipinski definition) is 2. The molecule has 6 heteroatoms. The lowest BCUT2D eigenvalue weighted by atomic mass is 9.46. The molecule has 38 heavy (non-hydrogen) atoms. The van der Waals surface area contributed by atoms with E-state index in [-0.39, 0.29) is 16.7 Å². The van der Waals surface area contributed by atoms with E-state index in [1.165, 1.54) is 31.3 Å². The zero-order valence-electron chi connectivity index (χ0n) is 23.0. The summed E-state index contributed by atoms with van der Waals surface area (Å²) in [5.74, 6) is 2.19. The third kappa shape index (κ3) is 4.07. The highest BCUT2D eigenvalue weighted by Crippen LogP contribution is 2.66. The summed E-state index contributed by atoms with van der Waals surface area (Å²) in [6.07, 6.45) is 13.3. The third-order valence-electron chi connectivity index (χ3n) is 11.1. The van der Waals surface area contributed by atoms with Crippen molar-refractivity contribution in [3.8, 4) is 0 Å². The highest BCUT2D eigenvalue weighted by atomic mass is 16.7. The number of nitrogens with two attached hydrogens (primary N) is 1. The van der Waals surface area contributed by atoms with Crippen LogP contribution < -0.4 is 5.73 Å². The third-order valence-corrected chi connectivity index (χ3v) is 11.1. The van der Waals surface area contributed by atoms with Crippen molar-refractivity contribution < 1.29 is 14.4 Å². The molecule has 6 rings (SSSR count). The number of carbonyl (C=O) groups excluding carboxylic acids is 2. The van der Waals surface area contributed by atoms with E-state index in [1.807, 2.05) is 30.5 Å². The van der Waals surface area contributed by atoms with Crippen molar-refractivity contribution in [3.63, 3.8) is 0 Å². The zero-order valence-corrected chi connectivity index (χ0v) is 23.0. The summed E-state index contributed by atoms with van der Waals surface area (Å²) in [7, 11) is 0. The van der Waals surface area contributed by atoms with Crippen LogP contribution in [0.3, 0.4) is 0 Å². The molecule has 4 aliphatic carbocycles. The molecular weight excluding hydrogens is 474 g/mol. The molecule has 4 aliphatic rings. The van der Waals surface area contributed by atoms with E-state index in [0.29, 0.717) is 30.0 Å². The molecular formula is C32H41N3O3. The zero-order chi connectivity index (χ0) is 26.7. The molecule has 1 aromatic carbocycles. The summed E-state index contributed by atoms with van der Waals surface area (Å²) < 4.78 is 0. The number of para-hydroxylation sites is 1. The number of benzene rings is 1. The number of aromatic amines is 1. The second-order valence-electron chi connectivity index (χ2n) is 13.0. The number of ketones is 1. The van der Waals surface area contributed by atoms with Crippen LogP contribution >= 0.6 is 0 Å². The lowest BCUT2D eigenvalue weighted by molar-refractivity contribution is -0.145. The quantitative estimate of drug-likeness (QED) is 0.371. The van der Waals surface area contributed by atoms with Gasteiger partial charge < -0.3 is 15.6 Å². The first-order chi connectivity index (χ1) is 18.2. The van der Waals surface area contributed by atoms with Crippen molar-refractivity contribution >= 4 is 28.4 Å². The average molecular weight is 516 g/mol. The Labute approximate surface area is 225 Å². The summed E-state index contributed by atoms with van der Waals surface area (Å²) in [5, 5.41) is 5.36. The first-order valence-electron chi connectivity index (χ1n) is 14.5. The van der Waals surface area contributed by atoms with Gasteiger partial charge in [-0.15, -0.1) is 0 Å². The van der Waals surface area contributed by atoms with Crippen LogP contribution in [0.15, 0.2) is 47.3 Å². The molecule has 0 amide bonds. The maximum atomic E-state index is 12.7. The number of nitrogens with one attached hydrogen (secondary N) is 1. The number of rotatable bonds is 5. The van der Waals surface area contributed by atoms with Crippen LogP contribution in [-0.4, -0.2) is 28.5 Å². The number of Topliss-reactive ketones (excluding diaryl/α,β-unsaturated/α-hetero) is 1. The molecule has 0 aliphatic heterocycles. The highest BCUT2D eigenvalue weighted by molar-refractivity contribution is 5.97. The van der Waals surface area contributed by atoms with E-state index in [4.69, 9.17) is 10.6 Å². The van der Waals surface area contributed by atoms with Crippen LogP contribution in [0, 0.1) is 34.5 Å². The van der Waals surface area contributed by atoms with Crippen LogP contribution in [0.5, 0.6) is 0 Å². The first-order valence-corrected chi connectivity index (χ1v) is 14.5. The summed E-state index contributed by atoms with van der Waals surface area (Å²) in [6.45, 7) is 6.66. The van der Waals surface area contributed by atoms with Gasteiger partial charge in [0.1, 0.15) is 11.8 Å². The van der Waals surface area contributed by atoms with Gasteiger partial charge in [0.15, 0.2) is 0 Å². The fourth-order valence-corrected chi connectivity index (χ4v) is 9.10. The fourth-order valence-electron chi connectivity index (χ4n) is 9.10. The Bertz CT molecular complexity index is 1320. The van der Waals surface area contributed by atoms with Crippen LogP contribution in [0.4, 0.5) is 0 Å². The monoisotopic (exact) mass is 515 g/mol. The van der Waals surface area contributed by atoms with Gasteiger partial charge in [0.05, 0.1) is 5.71 Å². The van der Waals surface area contributed by atoms with Gasteiger partial charge in [-0.1, -0.05) is 42.8 Å². The molecule has 0 saturated heterocycles. The smallest absolute Gasteiger partial charge is 0.351 e. The number of aromatic nitrogens is 1. The van der Waals surface area contributed by atoms with Gasteiger partial charge in [-0.3, -0.25) is 4.79 Å². The van der Waals surface area contributed by atoms with E-state index in [2.05, 4.69) is 30.1 Å². The predicted molar refractivity (Wildman–Crippen MR) is 149 cm³/mol. The molecule has 2 aromatic rings. The van der Waals surface area contributed by atoms with E-state index < -0.39 is 12.0 Å². The van der Waals surface area contributed by atoms with Crippen LogP contribution in [0.2, 0.25) is 0 Å². The second-order valence-corrected chi connectivity index (χ2v) is 13.0. The van der Waals surface area contributed by atoms with Crippen molar-refractivity contribution in [2.75, 3.05) is 0 Å². The molecule has 7 atom stereocenters. The van der Waals surface area contributed by atoms with E-state index in [0.717, 1.165) is 47.9 Å². The molecule has 0 spiro atoms. The van der Waals surface area contributed by atoms with Gasteiger partial charge in [-0.25, -0.2) is 4.79 Å². The molecule has 7 unspecified atom stereocenters. The molecule has 3 N–H and O–H groups in total. The van der Waals surface area contributed by atoms with E-state index in [9.17, 15) is 9.59 Å². The molecule has 3 saturated carbocycles. The topological polar surface area (TPSA) is 97.5 Å². The number of fused-ring (bicyclic) bond motifs is 6. The first kappa shape index (κ1) is 25.5. The summed E-state index contributed by atoms with van der Waals surface area (Å²) >= 11 is 0. The summed E-state index contributed by atoms with van der Waals surface area (Å²) in [5.41, 5.74) is 10.9. The van der Waals surface area contributed by atoms with Crippen LogP contribution in [0.25, 0.3) is 10.9 Å². The van der Waals surface area contributed by atoms with Gasteiger partial charge in [0.2, 0.25) is 0 Å². The number of oxime groups is 1. The van der Waals surface area contributed by atoms with Gasteiger partial charge in [0, 0.05) is 29.4 Å². The molecule has 0 radical (unpaired) electrons. The lowest BCUT2D eigenvalue weighted by Gasteiger charge is -2.58. The number of allylic oxidation sites excluding steroid dienone is 2. The normalized spacial score (nSPS) is 36.2. The minimum absolute atomic E-state index is 0.174. The minimum Gasteiger partial charge on any atom is -0.361 e. The average Bonchev–Trinajstić information content (AvgIpc) is 3.47. The largest absolute Gasteiger partial charge is 0.361 e. The van der Waals surface area contributed by atoms with Crippen molar-refractivity contribution in [2.45, 2.75) is 84.6 Å². The molecule has 6 nitrogen and oxygen atoms in total. The van der Waals surface area contributed by atoms with Crippen molar-refractivity contribution in [2.24, 2.45) is 45.4 Å². The Balaban J connectivity index is 1.13. The Kier molecular flexibility index (Phi) is 6.37. The molecule has 202 valence electrons. The standard InChI is InChI=1S/C32H41N3O3/c1-19(36)25-10-11-26-24-9-8-21-17-22(12-14-31(21,2)27(24)13-15-32(25,26)3)35-38-30(37)28(33)16-20-18-34-29-7-5-4-6-23(20)29/h4-7,17-18,24-28,34H,8-16,33H2,1-3H3. The van der Waals surface area contributed by atoms with Crippen molar-refractivity contribution in [1.29, 1.82) is 0 Å². The maximum Gasteiger partial charge on any atom is 0.351 e. The van der Waals surface area contributed by atoms with E-state index >= 15 is 0 Å². The van der Waals surface area contributed by atoms with Gasteiger partial charge in [-0.05, 0) is 105 Å². The highest BCUT2D eigenvalue weighted by Gasteiger charge is 2.59. The number of hydrogen-bond acceptors (Lipinski definition) is 5. The Morgan fingerprint density at radius 3 is 2.74 bits per heavy atom. The van der Waals surface area contributed by atoms with Gasteiger partial charge in [0.25, 0.3) is 0 Å². The van der Waals surface area contributed by atoms with Crippen molar-refractivity contribution in [3.05, 3.63) is 47.7 Å². The predicted octanol–water partition coefficient (Wildman–Crippen LogP) is 6.10. The van der Waals surface area contributed by atoms with Gasteiger partial charge >= 0.3 is 5.97 Å². The lowest BCUT2D eigenvalue weighted by Crippen LogP contribution is -2.51. The van der Waals surface area contributed by atoms with E-state index in [1.54, 1.807) is 6.92 Å². The number of nitrogens with zero attached hydrogens (tertiary/aromatic N) is 1. The van der Waals surface area contributed by atoms with Crippen LogP contribution in [-0.2, 0) is 20.8 Å². The molecule has 1 aromatic heterocycles.